The van der Waals surface area contributed by atoms with E-state index in [-0.39, 0.29) is 18.4 Å². The molecule has 29 heavy (non-hydrogen) atoms. The maximum absolute atomic E-state index is 12.5. The van der Waals surface area contributed by atoms with Gasteiger partial charge in [0, 0.05) is 5.69 Å². The highest BCUT2D eigenvalue weighted by molar-refractivity contribution is 5.93. The number of nitrogens with zero attached hydrogens (tertiary/aromatic N) is 1. The Labute approximate surface area is 172 Å². The normalized spacial score (nSPS) is 14.5. The Kier molecular flexibility index (Phi) is 6.88. The zero-order chi connectivity index (χ0) is 20.8. The lowest BCUT2D eigenvalue weighted by atomic mass is 10.1. The highest BCUT2D eigenvalue weighted by Crippen LogP contribution is 2.19. The molecule has 2 aromatic rings. The van der Waals surface area contributed by atoms with E-state index in [2.05, 4.69) is 5.32 Å². The zero-order valence-electron chi connectivity index (χ0n) is 17.5. The minimum absolute atomic E-state index is 0.00714. The molecular weight excluding hydrogens is 366 g/mol. The van der Waals surface area contributed by atoms with Crippen LogP contribution in [-0.4, -0.2) is 56.0 Å². The van der Waals surface area contributed by atoms with Crippen LogP contribution in [0.25, 0.3) is 0 Å². The molecule has 1 aliphatic rings. The molecule has 154 valence electrons. The first-order chi connectivity index (χ1) is 13.9. The molecule has 6 nitrogen and oxygen atoms in total. The summed E-state index contributed by atoms with van der Waals surface area (Å²) >= 11 is 0. The van der Waals surface area contributed by atoms with Crippen molar-refractivity contribution in [1.29, 1.82) is 0 Å². The molecule has 1 heterocycles. The van der Waals surface area contributed by atoms with Gasteiger partial charge in [-0.2, -0.15) is 0 Å². The minimum atomic E-state index is -0.00714. The Morgan fingerprint density at radius 1 is 0.966 bits per heavy atom. The fourth-order valence-corrected chi connectivity index (χ4v) is 3.62. The van der Waals surface area contributed by atoms with Crippen molar-refractivity contribution >= 4 is 17.5 Å². The lowest BCUT2D eigenvalue weighted by Gasteiger charge is -2.32. The summed E-state index contributed by atoms with van der Waals surface area (Å²) in [5, 5.41) is 3.04. The number of benzene rings is 2. The van der Waals surface area contributed by atoms with Gasteiger partial charge in [-0.15, -0.1) is 0 Å². The van der Waals surface area contributed by atoms with Crippen LogP contribution in [0.1, 0.15) is 16.7 Å². The Hall–Kier alpha value is -2.86. The van der Waals surface area contributed by atoms with Gasteiger partial charge in [0.05, 0.1) is 26.2 Å². The molecule has 1 aliphatic heterocycles. The van der Waals surface area contributed by atoms with Gasteiger partial charge >= 0.3 is 0 Å². The van der Waals surface area contributed by atoms with Crippen LogP contribution >= 0.6 is 0 Å². The smallest absolute Gasteiger partial charge is 0.279 e. The number of hydrogen-bond acceptors (Lipinski definition) is 3. The number of carbonyl (C=O) groups excluding carboxylic acids is 2. The third-order valence-electron chi connectivity index (χ3n) is 5.42. The number of nitrogens with one attached hydrogen (secondary N) is 2. The van der Waals surface area contributed by atoms with Crippen LogP contribution < -0.4 is 15.0 Å². The van der Waals surface area contributed by atoms with Gasteiger partial charge in [-0.3, -0.25) is 9.59 Å². The van der Waals surface area contributed by atoms with Crippen molar-refractivity contribution in [3.8, 4) is 5.75 Å². The topological polar surface area (TPSA) is 63.1 Å². The van der Waals surface area contributed by atoms with E-state index in [0.717, 1.165) is 41.2 Å². The van der Waals surface area contributed by atoms with E-state index in [1.807, 2.05) is 68.1 Å². The van der Waals surface area contributed by atoms with E-state index in [9.17, 15) is 9.59 Å². The van der Waals surface area contributed by atoms with Crippen LogP contribution in [0, 0.1) is 20.8 Å². The fourth-order valence-electron chi connectivity index (χ4n) is 3.62. The van der Waals surface area contributed by atoms with Crippen molar-refractivity contribution in [2.75, 3.05) is 44.6 Å². The molecule has 0 aromatic heterocycles. The Morgan fingerprint density at radius 3 is 2.24 bits per heavy atom. The van der Waals surface area contributed by atoms with Gasteiger partial charge in [0.2, 0.25) is 0 Å². The quantitative estimate of drug-likeness (QED) is 0.775. The molecule has 0 spiro atoms. The summed E-state index contributed by atoms with van der Waals surface area (Å²) in [7, 11) is 0. The number of hydrogen-bond donors (Lipinski definition) is 2. The van der Waals surface area contributed by atoms with Crippen molar-refractivity contribution in [3.05, 3.63) is 59.2 Å². The van der Waals surface area contributed by atoms with Gasteiger partial charge in [-0.05, 0) is 43.5 Å². The number of rotatable bonds is 6. The van der Waals surface area contributed by atoms with Crippen LogP contribution in [0.4, 0.5) is 5.69 Å². The summed E-state index contributed by atoms with van der Waals surface area (Å²) < 4.78 is 5.67. The highest BCUT2D eigenvalue weighted by Gasteiger charge is 2.25. The van der Waals surface area contributed by atoms with Crippen molar-refractivity contribution in [1.82, 2.24) is 4.90 Å². The first-order valence-electron chi connectivity index (χ1n) is 10.1. The number of quaternary nitrogens is 1. The predicted molar refractivity (Wildman–Crippen MR) is 113 cm³/mol. The van der Waals surface area contributed by atoms with Crippen molar-refractivity contribution < 1.29 is 19.2 Å². The molecule has 1 fully saturated rings. The number of para-hydroxylation sites is 2. The fraction of sp³-hybridized carbons (Fsp3) is 0.391. The average molecular weight is 397 g/mol. The van der Waals surface area contributed by atoms with Crippen LogP contribution in [0.15, 0.2) is 42.5 Å². The van der Waals surface area contributed by atoms with Crippen LogP contribution in [0.2, 0.25) is 0 Å². The molecule has 6 heteroatoms. The number of anilines is 1. The van der Waals surface area contributed by atoms with Crippen molar-refractivity contribution in [3.63, 3.8) is 0 Å². The maximum Gasteiger partial charge on any atom is 0.279 e. The van der Waals surface area contributed by atoms with E-state index in [1.54, 1.807) is 0 Å². The molecule has 0 bridgehead atoms. The number of ether oxygens (including phenoxy) is 1. The third-order valence-corrected chi connectivity index (χ3v) is 5.42. The molecule has 2 aromatic carbocycles. The SMILES string of the molecule is Cc1ccccc1OCC(=O)N1CC[NH+](CC(=O)Nc2c(C)cccc2C)CC1. The average Bonchev–Trinajstić information content (AvgIpc) is 2.70. The lowest BCUT2D eigenvalue weighted by Crippen LogP contribution is -3.15. The van der Waals surface area contributed by atoms with Crippen LogP contribution in [-0.2, 0) is 9.59 Å². The molecule has 2 amide bonds. The van der Waals surface area contributed by atoms with Gasteiger partial charge in [-0.1, -0.05) is 36.4 Å². The van der Waals surface area contributed by atoms with E-state index in [0.29, 0.717) is 19.6 Å². The van der Waals surface area contributed by atoms with Crippen molar-refractivity contribution in [2.45, 2.75) is 20.8 Å². The van der Waals surface area contributed by atoms with Crippen LogP contribution in [0.5, 0.6) is 5.75 Å². The second kappa shape index (κ2) is 9.56. The molecule has 1 saturated heterocycles. The Bertz CT molecular complexity index is 853. The van der Waals surface area contributed by atoms with Gasteiger partial charge < -0.3 is 19.9 Å². The second-order valence-corrected chi connectivity index (χ2v) is 7.68. The van der Waals surface area contributed by atoms with E-state index < -0.39 is 0 Å². The summed E-state index contributed by atoms with van der Waals surface area (Å²) in [5.74, 6) is 0.751. The Morgan fingerprint density at radius 2 is 1.59 bits per heavy atom. The molecule has 0 unspecified atom stereocenters. The second-order valence-electron chi connectivity index (χ2n) is 7.68. The highest BCUT2D eigenvalue weighted by atomic mass is 16.5. The van der Waals surface area contributed by atoms with Gasteiger partial charge in [0.25, 0.3) is 11.8 Å². The van der Waals surface area contributed by atoms with E-state index in [1.165, 1.54) is 4.90 Å². The zero-order valence-corrected chi connectivity index (χ0v) is 17.5. The minimum Gasteiger partial charge on any atom is -0.484 e. The number of carbonyl (C=O) groups is 2. The first kappa shape index (κ1) is 20.9. The van der Waals surface area contributed by atoms with Crippen molar-refractivity contribution in [2.24, 2.45) is 0 Å². The number of piperazine rings is 1. The number of amides is 2. The molecular formula is C23H30N3O3+. The van der Waals surface area contributed by atoms with E-state index in [4.69, 9.17) is 4.74 Å². The van der Waals surface area contributed by atoms with Crippen LogP contribution in [0.3, 0.4) is 0 Å². The molecule has 2 N–H and O–H groups in total. The molecule has 3 rings (SSSR count). The summed E-state index contributed by atoms with van der Waals surface area (Å²) in [4.78, 5) is 27.9. The van der Waals surface area contributed by atoms with Gasteiger partial charge in [0.1, 0.15) is 5.75 Å². The standard InChI is InChI=1S/C23H29N3O3/c1-17-7-4-5-10-20(17)29-16-22(28)26-13-11-25(12-14-26)15-21(27)24-23-18(2)8-6-9-19(23)3/h4-10H,11-16H2,1-3H3,(H,24,27)/p+1. The molecule has 0 aliphatic carbocycles. The van der Waals surface area contributed by atoms with E-state index >= 15 is 0 Å². The summed E-state index contributed by atoms with van der Waals surface area (Å²) in [6.45, 7) is 9.22. The number of aryl methyl sites for hydroxylation is 3. The summed E-state index contributed by atoms with van der Waals surface area (Å²) in [6.07, 6.45) is 0. The maximum atomic E-state index is 12.5. The molecule has 0 atom stereocenters. The lowest BCUT2D eigenvalue weighted by molar-refractivity contribution is -0.895. The Balaban J connectivity index is 1.43. The predicted octanol–water partition coefficient (Wildman–Crippen LogP) is 1.36. The van der Waals surface area contributed by atoms with Gasteiger partial charge in [-0.25, -0.2) is 0 Å². The first-order valence-corrected chi connectivity index (χ1v) is 10.1. The summed E-state index contributed by atoms with van der Waals surface area (Å²) in [6, 6.07) is 13.7. The largest absolute Gasteiger partial charge is 0.484 e. The molecule has 0 radical (unpaired) electrons. The monoisotopic (exact) mass is 396 g/mol. The molecule has 0 saturated carbocycles. The third kappa shape index (κ3) is 5.57. The summed E-state index contributed by atoms with van der Waals surface area (Å²) in [5.41, 5.74) is 4.05. The van der Waals surface area contributed by atoms with Gasteiger partial charge in [0.15, 0.2) is 13.2 Å².